The Morgan fingerprint density at radius 3 is 2.50 bits per heavy atom. The number of halogens is 1. The molecule has 0 aromatic carbocycles. The van der Waals surface area contributed by atoms with Gasteiger partial charge >= 0.3 is 0 Å². The van der Waals surface area contributed by atoms with Crippen LogP contribution in [0.5, 0.6) is 0 Å². The third kappa shape index (κ3) is 12.5. The number of hydrogen-bond acceptors (Lipinski definition) is 4. The molecule has 0 fully saturated rings. The van der Waals surface area contributed by atoms with E-state index in [4.69, 9.17) is 9.47 Å². The van der Waals surface area contributed by atoms with Crippen molar-refractivity contribution in [3.8, 4) is 0 Å². The topological polar surface area (TPSA) is 67.8 Å². The zero-order valence-corrected chi connectivity index (χ0v) is 17.1. The van der Waals surface area contributed by atoms with Gasteiger partial charge in [0.25, 0.3) is 0 Å². The SMILES string of the molecule is CCCCOCCOCCNC(=NC)NCCc1ccccn1.I. The van der Waals surface area contributed by atoms with Crippen LogP contribution >= 0.6 is 24.0 Å². The van der Waals surface area contributed by atoms with E-state index in [0.29, 0.717) is 19.8 Å². The van der Waals surface area contributed by atoms with Crippen molar-refractivity contribution in [2.24, 2.45) is 4.99 Å². The molecule has 0 spiro atoms. The van der Waals surface area contributed by atoms with Crippen LogP contribution in [-0.2, 0) is 15.9 Å². The lowest BCUT2D eigenvalue weighted by molar-refractivity contribution is 0.0487. The Hall–Kier alpha value is -0.930. The Balaban J connectivity index is 0.00000529. The van der Waals surface area contributed by atoms with Crippen LogP contribution in [0.3, 0.4) is 0 Å². The second kappa shape index (κ2) is 16.9. The van der Waals surface area contributed by atoms with Crippen LogP contribution in [0.1, 0.15) is 25.5 Å². The molecule has 0 amide bonds. The van der Waals surface area contributed by atoms with E-state index < -0.39 is 0 Å². The Morgan fingerprint density at radius 2 is 1.83 bits per heavy atom. The van der Waals surface area contributed by atoms with Crippen molar-refractivity contribution in [2.75, 3.05) is 46.6 Å². The zero-order chi connectivity index (χ0) is 16.6. The summed E-state index contributed by atoms with van der Waals surface area (Å²) in [6.45, 7) is 6.43. The largest absolute Gasteiger partial charge is 0.379 e. The Morgan fingerprint density at radius 1 is 1.08 bits per heavy atom. The molecule has 7 heteroatoms. The quantitative estimate of drug-likeness (QED) is 0.221. The molecule has 1 rings (SSSR count). The predicted octanol–water partition coefficient (Wildman–Crippen LogP) is 2.24. The minimum Gasteiger partial charge on any atom is -0.379 e. The van der Waals surface area contributed by atoms with E-state index in [-0.39, 0.29) is 24.0 Å². The molecule has 138 valence electrons. The highest BCUT2D eigenvalue weighted by Crippen LogP contribution is 1.93. The first-order chi connectivity index (χ1) is 11.4. The lowest BCUT2D eigenvalue weighted by Gasteiger charge is -2.12. The van der Waals surface area contributed by atoms with E-state index in [9.17, 15) is 0 Å². The standard InChI is InChI=1S/C17H30N4O2.HI/c1-3-4-12-22-14-15-23-13-11-21-17(18-2)20-10-8-16-7-5-6-9-19-16;/h5-7,9H,3-4,8,10-15H2,1-2H3,(H2,18,20,21);1H. The molecule has 0 bridgehead atoms. The van der Waals surface area contributed by atoms with Gasteiger partial charge in [0.05, 0.1) is 19.8 Å². The summed E-state index contributed by atoms with van der Waals surface area (Å²) < 4.78 is 10.9. The molecule has 0 saturated heterocycles. The average Bonchev–Trinajstić information content (AvgIpc) is 2.59. The van der Waals surface area contributed by atoms with Crippen molar-refractivity contribution in [3.05, 3.63) is 30.1 Å². The maximum Gasteiger partial charge on any atom is 0.191 e. The molecule has 0 aliphatic heterocycles. The van der Waals surface area contributed by atoms with Crippen molar-refractivity contribution in [3.63, 3.8) is 0 Å². The van der Waals surface area contributed by atoms with E-state index >= 15 is 0 Å². The van der Waals surface area contributed by atoms with Crippen molar-refractivity contribution in [1.29, 1.82) is 0 Å². The van der Waals surface area contributed by atoms with Crippen LogP contribution in [-0.4, -0.2) is 57.5 Å². The summed E-state index contributed by atoms with van der Waals surface area (Å²) in [7, 11) is 1.76. The van der Waals surface area contributed by atoms with Gasteiger partial charge in [-0.25, -0.2) is 0 Å². The van der Waals surface area contributed by atoms with Gasteiger partial charge in [-0.1, -0.05) is 19.4 Å². The number of ether oxygens (including phenoxy) is 2. The lowest BCUT2D eigenvalue weighted by Crippen LogP contribution is -2.40. The molecule has 0 atom stereocenters. The molecule has 24 heavy (non-hydrogen) atoms. The van der Waals surface area contributed by atoms with Gasteiger partial charge in [0.1, 0.15) is 0 Å². The molecule has 1 aromatic rings. The minimum atomic E-state index is 0. The summed E-state index contributed by atoms with van der Waals surface area (Å²) in [5, 5.41) is 6.48. The van der Waals surface area contributed by atoms with Crippen LogP contribution in [0.4, 0.5) is 0 Å². The van der Waals surface area contributed by atoms with E-state index in [2.05, 4.69) is 27.5 Å². The molecule has 6 nitrogen and oxygen atoms in total. The maximum atomic E-state index is 5.50. The fourth-order valence-electron chi connectivity index (χ4n) is 1.89. The maximum absolute atomic E-state index is 5.50. The van der Waals surface area contributed by atoms with Crippen molar-refractivity contribution in [2.45, 2.75) is 26.2 Å². The number of pyridine rings is 1. The molecule has 0 aliphatic rings. The highest BCUT2D eigenvalue weighted by molar-refractivity contribution is 14.0. The first-order valence-corrected chi connectivity index (χ1v) is 8.36. The van der Waals surface area contributed by atoms with Gasteiger partial charge in [0.15, 0.2) is 5.96 Å². The van der Waals surface area contributed by atoms with Gasteiger partial charge in [-0.15, -0.1) is 24.0 Å². The van der Waals surface area contributed by atoms with Crippen molar-refractivity contribution in [1.82, 2.24) is 15.6 Å². The molecule has 0 radical (unpaired) electrons. The molecule has 0 unspecified atom stereocenters. The van der Waals surface area contributed by atoms with E-state index in [1.54, 1.807) is 7.05 Å². The van der Waals surface area contributed by atoms with E-state index in [1.165, 1.54) is 0 Å². The first-order valence-electron chi connectivity index (χ1n) is 8.36. The van der Waals surface area contributed by atoms with Crippen LogP contribution in [0.15, 0.2) is 29.4 Å². The van der Waals surface area contributed by atoms with E-state index in [0.717, 1.165) is 50.6 Å². The van der Waals surface area contributed by atoms with Crippen molar-refractivity contribution < 1.29 is 9.47 Å². The van der Waals surface area contributed by atoms with Crippen LogP contribution in [0.25, 0.3) is 0 Å². The number of hydrogen-bond donors (Lipinski definition) is 2. The lowest BCUT2D eigenvalue weighted by atomic mass is 10.3. The minimum absolute atomic E-state index is 0. The molecule has 1 heterocycles. The van der Waals surface area contributed by atoms with Gasteiger partial charge in [-0.3, -0.25) is 9.98 Å². The summed E-state index contributed by atoms with van der Waals surface area (Å²) in [5.74, 6) is 0.781. The van der Waals surface area contributed by atoms with Crippen molar-refractivity contribution >= 4 is 29.9 Å². The Bertz CT molecular complexity index is 418. The van der Waals surface area contributed by atoms with Gasteiger partial charge in [0, 0.05) is 45.1 Å². The fraction of sp³-hybridized carbons (Fsp3) is 0.647. The second-order valence-electron chi connectivity index (χ2n) is 5.08. The average molecular weight is 450 g/mol. The molecule has 1 aromatic heterocycles. The monoisotopic (exact) mass is 450 g/mol. The molecule has 2 N–H and O–H groups in total. The van der Waals surface area contributed by atoms with Gasteiger partial charge in [-0.05, 0) is 18.6 Å². The van der Waals surface area contributed by atoms with Crippen LogP contribution < -0.4 is 10.6 Å². The Labute approximate surface area is 162 Å². The molecular weight excluding hydrogens is 419 g/mol. The summed E-state index contributed by atoms with van der Waals surface area (Å²) >= 11 is 0. The molecule has 0 aliphatic carbocycles. The van der Waals surface area contributed by atoms with Gasteiger partial charge in [0.2, 0.25) is 0 Å². The molecular formula is C17H31IN4O2. The number of aliphatic imine (C=N–C) groups is 1. The normalized spacial score (nSPS) is 11.0. The number of nitrogens with one attached hydrogen (secondary N) is 2. The second-order valence-corrected chi connectivity index (χ2v) is 5.08. The molecule has 0 saturated carbocycles. The van der Waals surface area contributed by atoms with Gasteiger partial charge in [-0.2, -0.15) is 0 Å². The summed E-state index contributed by atoms with van der Waals surface area (Å²) in [6, 6.07) is 5.94. The van der Waals surface area contributed by atoms with Gasteiger partial charge < -0.3 is 20.1 Å². The smallest absolute Gasteiger partial charge is 0.191 e. The summed E-state index contributed by atoms with van der Waals surface area (Å²) in [5.41, 5.74) is 1.07. The third-order valence-corrected chi connectivity index (χ3v) is 3.18. The fourth-order valence-corrected chi connectivity index (χ4v) is 1.89. The Kier molecular flexibility index (Phi) is 16.3. The predicted molar refractivity (Wildman–Crippen MR) is 109 cm³/mol. The number of unbranched alkanes of at least 4 members (excludes halogenated alkanes) is 1. The van der Waals surface area contributed by atoms with E-state index in [1.807, 2.05) is 24.4 Å². The first kappa shape index (κ1) is 23.1. The highest BCUT2D eigenvalue weighted by atomic mass is 127. The summed E-state index contributed by atoms with van der Waals surface area (Å²) in [6.07, 6.45) is 4.96. The zero-order valence-electron chi connectivity index (χ0n) is 14.8. The summed E-state index contributed by atoms with van der Waals surface area (Å²) in [4.78, 5) is 8.47. The number of guanidine groups is 1. The van der Waals surface area contributed by atoms with Crippen LogP contribution in [0, 0.1) is 0 Å². The third-order valence-electron chi connectivity index (χ3n) is 3.18. The number of rotatable bonds is 12. The number of nitrogens with zero attached hydrogens (tertiary/aromatic N) is 2. The van der Waals surface area contributed by atoms with Crippen LogP contribution in [0.2, 0.25) is 0 Å². The highest BCUT2D eigenvalue weighted by Gasteiger charge is 1.98. The number of aromatic nitrogens is 1.